The van der Waals surface area contributed by atoms with Gasteiger partial charge in [0.15, 0.2) is 0 Å². The molecule has 16 heavy (non-hydrogen) atoms. The summed E-state index contributed by atoms with van der Waals surface area (Å²) in [5, 5.41) is 2.91. The Hall–Kier alpha value is -1.35. The molecule has 1 aromatic carbocycles. The molecule has 2 atom stereocenters. The van der Waals surface area contributed by atoms with Crippen LogP contribution >= 0.6 is 0 Å². The van der Waals surface area contributed by atoms with Gasteiger partial charge in [-0.2, -0.15) is 0 Å². The lowest BCUT2D eigenvalue weighted by molar-refractivity contribution is -0.123. The van der Waals surface area contributed by atoms with Gasteiger partial charge in [0.25, 0.3) is 0 Å². The van der Waals surface area contributed by atoms with Gasteiger partial charge in [0, 0.05) is 0 Å². The van der Waals surface area contributed by atoms with Crippen molar-refractivity contribution in [2.24, 2.45) is 11.7 Å². The normalized spacial score (nSPS) is 14.6. The van der Waals surface area contributed by atoms with E-state index >= 15 is 0 Å². The van der Waals surface area contributed by atoms with E-state index in [2.05, 4.69) is 5.32 Å². The van der Waals surface area contributed by atoms with E-state index in [1.807, 2.05) is 51.1 Å². The topological polar surface area (TPSA) is 55.1 Å². The molecule has 0 saturated heterocycles. The van der Waals surface area contributed by atoms with Gasteiger partial charge in [-0.1, -0.05) is 44.2 Å². The van der Waals surface area contributed by atoms with Crippen molar-refractivity contribution in [1.82, 2.24) is 5.32 Å². The highest BCUT2D eigenvalue weighted by Crippen LogP contribution is 2.11. The van der Waals surface area contributed by atoms with Crippen LogP contribution < -0.4 is 11.1 Å². The van der Waals surface area contributed by atoms with Crippen molar-refractivity contribution in [3.8, 4) is 0 Å². The maximum atomic E-state index is 11.7. The number of carbonyl (C=O) groups is 1. The van der Waals surface area contributed by atoms with E-state index in [1.54, 1.807) is 0 Å². The molecule has 0 saturated carbocycles. The Morgan fingerprint density at radius 3 is 2.25 bits per heavy atom. The van der Waals surface area contributed by atoms with Gasteiger partial charge in [-0.3, -0.25) is 4.79 Å². The van der Waals surface area contributed by atoms with Crippen LogP contribution in [-0.2, 0) is 4.79 Å². The van der Waals surface area contributed by atoms with Crippen molar-refractivity contribution >= 4 is 5.91 Å². The van der Waals surface area contributed by atoms with Gasteiger partial charge >= 0.3 is 0 Å². The zero-order chi connectivity index (χ0) is 12.1. The molecule has 1 rings (SSSR count). The van der Waals surface area contributed by atoms with E-state index in [9.17, 15) is 4.79 Å². The van der Waals surface area contributed by atoms with Crippen LogP contribution in [0.4, 0.5) is 0 Å². The minimum atomic E-state index is -0.439. The van der Waals surface area contributed by atoms with Crippen LogP contribution in [-0.4, -0.2) is 11.9 Å². The first-order valence-corrected chi connectivity index (χ1v) is 5.63. The van der Waals surface area contributed by atoms with Crippen molar-refractivity contribution in [3.63, 3.8) is 0 Å². The monoisotopic (exact) mass is 220 g/mol. The number of nitrogens with one attached hydrogen (secondary N) is 1. The minimum Gasteiger partial charge on any atom is -0.348 e. The zero-order valence-electron chi connectivity index (χ0n) is 10.1. The second-order valence-corrected chi connectivity index (χ2v) is 4.41. The van der Waals surface area contributed by atoms with E-state index in [0.29, 0.717) is 0 Å². The van der Waals surface area contributed by atoms with E-state index in [0.717, 1.165) is 5.56 Å². The Morgan fingerprint density at radius 1 is 1.19 bits per heavy atom. The highest BCUT2D eigenvalue weighted by Gasteiger charge is 2.19. The number of carbonyl (C=O) groups excluding carboxylic acids is 1. The summed E-state index contributed by atoms with van der Waals surface area (Å²) in [4.78, 5) is 11.7. The summed E-state index contributed by atoms with van der Waals surface area (Å²) in [5.74, 6) is 0.0642. The van der Waals surface area contributed by atoms with E-state index in [-0.39, 0.29) is 17.9 Å². The Morgan fingerprint density at radius 2 is 1.75 bits per heavy atom. The summed E-state index contributed by atoms with van der Waals surface area (Å²) in [6, 6.07) is 9.42. The molecule has 3 nitrogen and oxygen atoms in total. The molecule has 3 N–H and O–H groups in total. The lowest BCUT2D eigenvalue weighted by Crippen LogP contribution is -2.44. The van der Waals surface area contributed by atoms with Gasteiger partial charge in [-0.25, -0.2) is 0 Å². The SMILES string of the molecule is CC(C)C(N)C(=O)N[C@H](C)c1ccccc1. The fourth-order valence-electron chi connectivity index (χ4n) is 1.44. The Bertz CT molecular complexity index is 335. The third-order valence-electron chi connectivity index (χ3n) is 2.68. The predicted octanol–water partition coefficient (Wildman–Crippen LogP) is 1.85. The molecular weight excluding hydrogens is 200 g/mol. The Balaban J connectivity index is 2.58. The van der Waals surface area contributed by atoms with Crippen LogP contribution in [0, 0.1) is 5.92 Å². The molecule has 0 aliphatic rings. The fraction of sp³-hybridized carbons (Fsp3) is 0.462. The molecule has 0 heterocycles. The molecule has 0 bridgehead atoms. The third-order valence-corrected chi connectivity index (χ3v) is 2.68. The van der Waals surface area contributed by atoms with Crippen molar-refractivity contribution in [2.75, 3.05) is 0 Å². The molecular formula is C13H20N2O. The average molecular weight is 220 g/mol. The van der Waals surface area contributed by atoms with Crippen LogP contribution in [0.2, 0.25) is 0 Å². The van der Waals surface area contributed by atoms with Gasteiger partial charge in [-0.05, 0) is 18.4 Å². The van der Waals surface area contributed by atoms with Gasteiger partial charge in [0.2, 0.25) is 5.91 Å². The molecule has 0 aromatic heterocycles. The molecule has 1 unspecified atom stereocenters. The summed E-state index contributed by atoms with van der Waals surface area (Å²) >= 11 is 0. The molecule has 0 aliphatic carbocycles. The van der Waals surface area contributed by atoms with Crippen LogP contribution in [0.3, 0.4) is 0 Å². The Labute approximate surface area is 97.0 Å². The maximum absolute atomic E-state index is 11.7. The van der Waals surface area contributed by atoms with Crippen LogP contribution in [0.25, 0.3) is 0 Å². The second-order valence-electron chi connectivity index (χ2n) is 4.41. The first-order chi connectivity index (χ1) is 7.52. The number of nitrogens with two attached hydrogens (primary N) is 1. The standard InChI is InChI=1S/C13H20N2O/c1-9(2)12(14)13(16)15-10(3)11-7-5-4-6-8-11/h4-10,12H,14H2,1-3H3,(H,15,16)/t10-,12?/m1/s1. The van der Waals surface area contributed by atoms with Crippen molar-refractivity contribution < 1.29 is 4.79 Å². The van der Waals surface area contributed by atoms with Crippen LogP contribution in [0.5, 0.6) is 0 Å². The largest absolute Gasteiger partial charge is 0.348 e. The number of hydrogen-bond acceptors (Lipinski definition) is 2. The highest BCUT2D eigenvalue weighted by molar-refractivity contribution is 5.82. The number of amides is 1. The molecule has 1 aromatic rings. The number of hydrogen-bond donors (Lipinski definition) is 2. The van der Waals surface area contributed by atoms with Crippen LogP contribution in [0.1, 0.15) is 32.4 Å². The van der Waals surface area contributed by atoms with E-state index in [4.69, 9.17) is 5.73 Å². The summed E-state index contributed by atoms with van der Waals surface area (Å²) in [5.41, 5.74) is 6.86. The molecule has 0 fully saturated rings. The first kappa shape index (κ1) is 12.7. The number of rotatable bonds is 4. The minimum absolute atomic E-state index is 0.00139. The molecule has 0 aliphatic heterocycles. The average Bonchev–Trinajstić information content (AvgIpc) is 2.28. The van der Waals surface area contributed by atoms with E-state index < -0.39 is 6.04 Å². The second kappa shape index (κ2) is 5.66. The summed E-state index contributed by atoms with van der Waals surface area (Å²) in [7, 11) is 0. The summed E-state index contributed by atoms with van der Waals surface area (Å²) in [6.07, 6.45) is 0. The molecule has 0 radical (unpaired) electrons. The lowest BCUT2D eigenvalue weighted by Gasteiger charge is -2.19. The maximum Gasteiger partial charge on any atom is 0.237 e. The smallest absolute Gasteiger partial charge is 0.237 e. The predicted molar refractivity (Wildman–Crippen MR) is 65.8 cm³/mol. The van der Waals surface area contributed by atoms with Crippen molar-refractivity contribution in [3.05, 3.63) is 35.9 Å². The molecule has 88 valence electrons. The summed E-state index contributed by atoms with van der Waals surface area (Å²) in [6.45, 7) is 5.84. The molecule has 0 spiro atoms. The van der Waals surface area contributed by atoms with Crippen LogP contribution in [0.15, 0.2) is 30.3 Å². The van der Waals surface area contributed by atoms with Gasteiger partial charge < -0.3 is 11.1 Å². The highest BCUT2D eigenvalue weighted by atomic mass is 16.2. The quantitative estimate of drug-likeness (QED) is 0.813. The van der Waals surface area contributed by atoms with Gasteiger partial charge in [-0.15, -0.1) is 0 Å². The van der Waals surface area contributed by atoms with E-state index in [1.165, 1.54) is 0 Å². The number of benzene rings is 1. The van der Waals surface area contributed by atoms with Gasteiger partial charge in [0.05, 0.1) is 12.1 Å². The summed E-state index contributed by atoms with van der Waals surface area (Å²) < 4.78 is 0. The Kier molecular flexibility index (Phi) is 4.50. The molecule has 3 heteroatoms. The van der Waals surface area contributed by atoms with Gasteiger partial charge in [0.1, 0.15) is 0 Å². The van der Waals surface area contributed by atoms with Crippen molar-refractivity contribution in [2.45, 2.75) is 32.9 Å². The first-order valence-electron chi connectivity index (χ1n) is 5.63. The van der Waals surface area contributed by atoms with Crippen molar-refractivity contribution in [1.29, 1.82) is 0 Å². The molecule has 1 amide bonds. The lowest BCUT2D eigenvalue weighted by atomic mass is 10.0. The third kappa shape index (κ3) is 3.35. The zero-order valence-corrected chi connectivity index (χ0v) is 10.1. The fourth-order valence-corrected chi connectivity index (χ4v) is 1.44.